The Kier molecular flexibility index (Phi) is 2.17. The maximum absolute atomic E-state index is 13.1. The summed E-state index contributed by atoms with van der Waals surface area (Å²) >= 11 is 3.19. The summed E-state index contributed by atoms with van der Waals surface area (Å²) in [6.45, 7) is 0. The molecule has 0 unspecified atom stereocenters. The molecular formula is C9H8FNS2. The van der Waals surface area contributed by atoms with Gasteiger partial charge in [-0.1, -0.05) is 0 Å². The molecule has 1 nitrogen and oxygen atoms in total. The van der Waals surface area contributed by atoms with Gasteiger partial charge in [-0.2, -0.15) is 0 Å². The van der Waals surface area contributed by atoms with E-state index in [0.29, 0.717) is 0 Å². The van der Waals surface area contributed by atoms with Crippen LogP contribution in [0.3, 0.4) is 0 Å². The average molecular weight is 213 g/mol. The molecular weight excluding hydrogens is 205 g/mol. The van der Waals surface area contributed by atoms with Crippen LogP contribution in [0.1, 0.15) is 0 Å². The van der Waals surface area contributed by atoms with Crippen molar-refractivity contribution in [2.75, 3.05) is 12.0 Å². The molecule has 13 heavy (non-hydrogen) atoms. The van der Waals surface area contributed by atoms with E-state index in [1.807, 2.05) is 11.6 Å². The second-order valence-corrected chi connectivity index (χ2v) is 4.40. The van der Waals surface area contributed by atoms with E-state index in [1.54, 1.807) is 29.2 Å². The summed E-state index contributed by atoms with van der Waals surface area (Å²) < 4.78 is 14.2. The van der Waals surface area contributed by atoms with E-state index in [9.17, 15) is 4.39 Å². The lowest BCUT2D eigenvalue weighted by molar-refractivity contribution is 0.634. The summed E-state index contributed by atoms with van der Waals surface area (Å²) in [5, 5.41) is 2.86. The highest BCUT2D eigenvalue weighted by Gasteiger charge is 2.09. The van der Waals surface area contributed by atoms with Crippen LogP contribution in [0.2, 0.25) is 0 Å². The van der Waals surface area contributed by atoms with E-state index in [2.05, 4.69) is 0 Å². The lowest BCUT2D eigenvalue weighted by atomic mass is 10.2. The largest absolute Gasteiger partial charge is 0.396 e. The van der Waals surface area contributed by atoms with Gasteiger partial charge in [0, 0.05) is 20.4 Å². The van der Waals surface area contributed by atoms with Crippen molar-refractivity contribution in [2.45, 2.75) is 4.90 Å². The first kappa shape index (κ1) is 8.84. The van der Waals surface area contributed by atoms with Crippen molar-refractivity contribution < 1.29 is 4.39 Å². The lowest BCUT2D eigenvalue weighted by Gasteiger charge is -2.00. The van der Waals surface area contributed by atoms with Gasteiger partial charge in [-0.15, -0.1) is 23.1 Å². The van der Waals surface area contributed by atoms with E-state index in [-0.39, 0.29) is 11.5 Å². The van der Waals surface area contributed by atoms with Crippen molar-refractivity contribution in [3.63, 3.8) is 0 Å². The summed E-state index contributed by atoms with van der Waals surface area (Å²) in [5.74, 6) is -0.332. The van der Waals surface area contributed by atoms with Crippen LogP contribution in [0.5, 0.6) is 0 Å². The smallest absolute Gasteiger partial charge is 0.146 e. The predicted octanol–water partition coefficient (Wildman–Crippen LogP) is 3.34. The summed E-state index contributed by atoms with van der Waals surface area (Å²) in [5.41, 5.74) is 5.92. The summed E-state index contributed by atoms with van der Waals surface area (Å²) in [4.78, 5) is 1.05. The van der Waals surface area contributed by atoms with Crippen molar-refractivity contribution in [2.24, 2.45) is 0 Å². The second-order valence-electron chi connectivity index (χ2n) is 2.64. The van der Waals surface area contributed by atoms with Crippen LogP contribution in [0, 0.1) is 5.82 Å². The number of hydrogen-bond donors (Lipinski definition) is 1. The minimum Gasteiger partial charge on any atom is -0.396 e. The van der Waals surface area contributed by atoms with Crippen LogP contribution >= 0.6 is 23.1 Å². The third-order valence-corrected chi connectivity index (χ3v) is 3.77. The van der Waals surface area contributed by atoms with Gasteiger partial charge in [0.15, 0.2) is 0 Å². The van der Waals surface area contributed by atoms with Crippen molar-refractivity contribution in [3.8, 4) is 0 Å². The zero-order chi connectivity index (χ0) is 9.42. The first-order valence-corrected chi connectivity index (χ1v) is 5.83. The van der Waals surface area contributed by atoms with Crippen LogP contribution in [0.15, 0.2) is 22.4 Å². The van der Waals surface area contributed by atoms with Gasteiger partial charge in [-0.25, -0.2) is 4.39 Å². The number of thioether (sulfide) groups is 1. The highest BCUT2D eigenvalue weighted by molar-refractivity contribution is 7.99. The third kappa shape index (κ3) is 1.30. The molecule has 0 saturated carbocycles. The molecule has 0 saturated heterocycles. The van der Waals surface area contributed by atoms with Crippen molar-refractivity contribution in [1.29, 1.82) is 0 Å². The first-order valence-electron chi connectivity index (χ1n) is 3.73. The van der Waals surface area contributed by atoms with Gasteiger partial charge in [0.2, 0.25) is 0 Å². The van der Waals surface area contributed by atoms with Gasteiger partial charge in [-0.3, -0.25) is 0 Å². The molecule has 0 aliphatic rings. The number of fused-ring (bicyclic) bond motifs is 1. The molecule has 1 aromatic heterocycles. The predicted molar refractivity (Wildman–Crippen MR) is 58.0 cm³/mol. The van der Waals surface area contributed by atoms with E-state index >= 15 is 0 Å². The van der Waals surface area contributed by atoms with Gasteiger partial charge in [0.1, 0.15) is 5.82 Å². The van der Waals surface area contributed by atoms with E-state index in [4.69, 9.17) is 5.73 Å². The molecule has 4 heteroatoms. The molecule has 2 aromatic rings. The molecule has 68 valence electrons. The highest BCUT2D eigenvalue weighted by Crippen LogP contribution is 2.36. The summed E-state index contributed by atoms with van der Waals surface area (Å²) in [6.07, 6.45) is 1.96. The second kappa shape index (κ2) is 3.20. The zero-order valence-electron chi connectivity index (χ0n) is 7.00. The van der Waals surface area contributed by atoms with Gasteiger partial charge in [-0.05, 0) is 18.4 Å². The molecule has 0 aliphatic heterocycles. The maximum Gasteiger partial charge on any atom is 0.146 e. The average Bonchev–Trinajstić information content (AvgIpc) is 2.55. The van der Waals surface area contributed by atoms with Crippen LogP contribution in [0.25, 0.3) is 10.1 Å². The number of hydrogen-bond acceptors (Lipinski definition) is 3. The summed E-state index contributed by atoms with van der Waals surface area (Å²) in [7, 11) is 0. The number of thiophene rings is 1. The minimum absolute atomic E-state index is 0.267. The highest BCUT2D eigenvalue weighted by atomic mass is 32.2. The topological polar surface area (TPSA) is 26.0 Å². The molecule has 0 fully saturated rings. The van der Waals surface area contributed by atoms with E-state index in [1.165, 1.54) is 6.07 Å². The molecule has 0 bridgehead atoms. The van der Waals surface area contributed by atoms with Crippen LogP contribution < -0.4 is 5.73 Å². The van der Waals surface area contributed by atoms with Gasteiger partial charge in [0.05, 0.1) is 5.69 Å². The molecule has 2 N–H and O–H groups in total. The number of anilines is 1. The van der Waals surface area contributed by atoms with Crippen LogP contribution in [0.4, 0.5) is 10.1 Å². The van der Waals surface area contributed by atoms with Gasteiger partial charge >= 0.3 is 0 Å². The first-order chi connectivity index (χ1) is 6.24. The Morgan fingerprint density at radius 3 is 2.92 bits per heavy atom. The maximum atomic E-state index is 13.1. The van der Waals surface area contributed by atoms with Crippen molar-refractivity contribution in [1.82, 2.24) is 0 Å². The van der Waals surface area contributed by atoms with Crippen molar-refractivity contribution >= 4 is 38.9 Å². The molecule has 0 spiro atoms. The number of nitrogens with two attached hydrogens (primary N) is 1. The Morgan fingerprint density at radius 2 is 2.23 bits per heavy atom. The Balaban J connectivity index is 2.85. The van der Waals surface area contributed by atoms with Crippen LogP contribution in [-0.2, 0) is 0 Å². The van der Waals surface area contributed by atoms with E-state index < -0.39 is 0 Å². The Bertz CT molecular complexity index is 450. The fourth-order valence-corrected chi connectivity index (χ4v) is 3.11. The Hall–Kier alpha value is -0.740. The molecule has 0 atom stereocenters. The molecule has 2 rings (SSSR count). The lowest BCUT2D eigenvalue weighted by Crippen LogP contribution is -1.90. The normalized spacial score (nSPS) is 10.9. The Labute approximate surface area is 83.7 Å². The monoisotopic (exact) mass is 213 g/mol. The number of rotatable bonds is 1. The number of benzene rings is 1. The van der Waals surface area contributed by atoms with Gasteiger partial charge in [0.25, 0.3) is 0 Å². The fourth-order valence-electron chi connectivity index (χ4n) is 1.25. The summed E-state index contributed by atoms with van der Waals surface area (Å²) in [6, 6.07) is 3.18. The van der Waals surface area contributed by atoms with E-state index in [0.717, 1.165) is 15.0 Å². The molecule has 0 aliphatic carbocycles. The minimum atomic E-state index is -0.332. The SMILES string of the molecule is CSc1csc2ccc(F)c(N)c12. The number of halogens is 1. The quantitative estimate of drug-likeness (QED) is 0.580. The standard InChI is InChI=1S/C9H8FNS2/c1-12-7-4-13-6-3-2-5(10)9(11)8(6)7/h2-4H,11H2,1H3. The molecule has 1 aromatic carbocycles. The van der Waals surface area contributed by atoms with Gasteiger partial charge < -0.3 is 5.73 Å². The number of nitrogen functional groups attached to an aromatic ring is 1. The fraction of sp³-hybridized carbons (Fsp3) is 0.111. The molecule has 0 radical (unpaired) electrons. The van der Waals surface area contributed by atoms with Crippen LogP contribution in [-0.4, -0.2) is 6.26 Å². The molecule has 1 heterocycles. The zero-order valence-corrected chi connectivity index (χ0v) is 8.64. The van der Waals surface area contributed by atoms with Crippen molar-refractivity contribution in [3.05, 3.63) is 23.3 Å². The molecule has 0 amide bonds. The third-order valence-electron chi connectivity index (χ3n) is 1.91. The Morgan fingerprint density at radius 1 is 1.46 bits per heavy atom.